The van der Waals surface area contributed by atoms with E-state index < -0.39 is 0 Å². The Kier molecular flexibility index (Phi) is 2.66. The lowest BCUT2D eigenvalue weighted by Crippen LogP contribution is -2.10. The van der Waals surface area contributed by atoms with E-state index in [0.717, 1.165) is 28.3 Å². The smallest absolute Gasteiger partial charge is 0.298 e. The van der Waals surface area contributed by atoms with E-state index in [1.54, 1.807) is 16.5 Å². The Labute approximate surface area is 124 Å². The molecule has 0 unspecified atom stereocenters. The van der Waals surface area contributed by atoms with Crippen molar-refractivity contribution < 1.29 is 4.79 Å². The van der Waals surface area contributed by atoms with Crippen molar-refractivity contribution in [1.82, 2.24) is 14.6 Å². The highest BCUT2D eigenvalue weighted by Crippen LogP contribution is 2.29. The summed E-state index contributed by atoms with van der Waals surface area (Å²) in [5.74, 6) is 0. The molecule has 0 bridgehead atoms. The number of nitrogens with zero attached hydrogens (tertiary/aromatic N) is 2. The number of nitrogens with one attached hydrogen (secondary N) is 1. The van der Waals surface area contributed by atoms with Crippen molar-refractivity contribution in [3.8, 4) is 11.1 Å². The van der Waals surface area contributed by atoms with E-state index >= 15 is 0 Å². The number of carbonyl (C=O) groups is 1. The van der Waals surface area contributed by atoms with Crippen LogP contribution >= 0.6 is 0 Å². The van der Waals surface area contributed by atoms with Crippen LogP contribution in [0.5, 0.6) is 0 Å². The average Bonchev–Trinajstić information content (AvgIpc) is 2.95. The maximum absolute atomic E-state index is 11.9. The third-order valence-electron chi connectivity index (χ3n) is 3.76. The molecule has 5 heteroatoms. The highest BCUT2D eigenvalue weighted by atomic mass is 16.1. The molecule has 0 aliphatic heterocycles. The molecule has 0 fully saturated rings. The van der Waals surface area contributed by atoms with Crippen molar-refractivity contribution in [2.45, 2.75) is 0 Å². The van der Waals surface area contributed by atoms with E-state index in [9.17, 15) is 9.59 Å². The number of aromatic amines is 1. The van der Waals surface area contributed by atoms with Gasteiger partial charge in [0.25, 0.3) is 0 Å². The minimum atomic E-state index is -0.256. The topological polar surface area (TPSA) is 67.2 Å². The normalized spacial score (nSPS) is 11.1. The number of para-hydroxylation sites is 1. The number of hydrogen-bond acceptors (Lipinski definition) is 3. The molecule has 2 heterocycles. The second kappa shape index (κ2) is 4.66. The van der Waals surface area contributed by atoms with Gasteiger partial charge in [0, 0.05) is 10.9 Å². The van der Waals surface area contributed by atoms with Gasteiger partial charge in [0.15, 0.2) is 5.65 Å². The number of aromatic nitrogens is 3. The fourth-order valence-corrected chi connectivity index (χ4v) is 2.72. The lowest BCUT2D eigenvalue weighted by molar-refractivity contribution is 0.112. The molecule has 106 valence electrons. The molecule has 0 atom stereocenters. The molecule has 0 spiro atoms. The molecule has 0 saturated heterocycles. The second-order valence-electron chi connectivity index (χ2n) is 5.04. The molecule has 1 N–H and O–H groups in total. The van der Waals surface area contributed by atoms with Gasteiger partial charge in [-0.2, -0.15) is 5.10 Å². The fraction of sp³-hybridized carbons (Fsp3) is 0. The first kappa shape index (κ1) is 12.5. The third-order valence-corrected chi connectivity index (χ3v) is 3.76. The van der Waals surface area contributed by atoms with Crippen LogP contribution in [0.3, 0.4) is 0 Å². The van der Waals surface area contributed by atoms with E-state index in [0.29, 0.717) is 11.2 Å². The van der Waals surface area contributed by atoms with Gasteiger partial charge >= 0.3 is 5.69 Å². The Bertz CT molecular complexity index is 1060. The molecule has 0 radical (unpaired) electrons. The Morgan fingerprint density at radius 1 is 1.05 bits per heavy atom. The summed E-state index contributed by atoms with van der Waals surface area (Å²) >= 11 is 0. The van der Waals surface area contributed by atoms with Gasteiger partial charge in [-0.3, -0.25) is 4.79 Å². The first-order chi connectivity index (χ1) is 10.8. The van der Waals surface area contributed by atoms with Crippen LogP contribution in [0.25, 0.3) is 27.7 Å². The molecule has 4 rings (SSSR count). The van der Waals surface area contributed by atoms with Gasteiger partial charge in [0.2, 0.25) is 0 Å². The Hall–Kier alpha value is -3.21. The van der Waals surface area contributed by atoms with E-state index in [1.165, 1.54) is 0 Å². The zero-order valence-corrected chi connectivity index (χ0v) is 11.5. The lowest BCUT2D eigenvalue weighted by atomic mass is 10.00. The summed E-state index contributed by atoms with van der Waals surface area (Å²) in [5.41, 5.74) is 3.69. The molecule has 4 aromatic rings. The molecular formula is C17H11N3O2. The number of fused-ring (bicyclic) bond motifs is 3. The number of pyridine rings is 1. The van der Waals surface area contributed by atoms with E-state index in [4.69, 9.17) is 0 Å². The molecule has 22 heavy (non-hydrogen) atoms. The van der Waals surface area contributed by atoms with Gasteiger partial charge in [0.1, 0.15) is 6.29 Å². The van der Waals surface area contributed by atoms with Crippen molar-refractivity contribution in [1.29, 1.82) is 0 Å². The van der Waals surface area contributed by atoms with Crippen LogP contribution in [0.15, 0.2) is 59.4 Å². The van der Waals surface area contributed by atoms with Crippen LogP contribution in [0.2, 0.25) is 0 Å². The van der Waals surface area contributed by atoms with Crippen LogP contribution in [-0.4, -0.2) is 20.9 Å². The quantitative estimate of drug-likeness (QED) is 0.577. The van der Waals surface area contributed by atoms with Crippen LogP contribution in [0.4, 0.5) is 0 Å². The Morgan fingerprint density at radius 2 is 1.82 bits per heavy atom. The molecular weight excluding hydrogens is 278 g/mol. The fourth-order valence-electron chi connectivity index (χ4n) is 2.72. The highest BCUT2D eigenvalue weighted by Gasteiger charge is 2.11. The maximum Gasteiger partial charge on any atom is 0.348 e. The van der Waals surface area contributed by atoms with Crippen molar-refractivity contribution in [2.75, 3.05) is 0 Å². The minimum absolute atomic E-state index is 0.256. The van der Waals surface area contributed by atoms with Crippen molar-refractivity contribution >= 4 is 22.8 Å². The molecule has 0 amide bonds. The zero-order valence-electron chi connectivity index (χ0n) is 11.5. The number of benzene rings is 2. The largest absolute Gasteiger partial charge is 0.348 e. The molecule has 2 aromatic carbocycles. The molecule has 0 aliphatic rings. The summed E-state index contributed by atoms with van der Waals surface area (Å²) < 4.78 is 1.55. The molecule has 5 nitrogen and oxygen atoms in total. The van der Waals surface area contributed by atoms with Crippen molar-refractivity contribution in [3.63, 3.8) is 0 Å². The minimum Gasteiger partial charge on any atom is -0.298 e. The number of carbonyl (C=O) groups excluding carboxylic acids is 1. The third kappa shape index (κ3) is 1.76. The first-order valence-corrected chi connectivity index (χ1v) is 6.82. The second-order valence-corrected chi connectivity index (χ2v) is 5.04. The molecule has 0 saturated carbocycles. The summed E-state index contributed by atoms with van der Waals surface area (Å²) in [6.07, 6.45) is 0.818. The monoisotopic (exact) mass is 289 g/mol. The molecule has 0 aliphatic carbocycles. The van der Waals surface area contributed by atoms with E-state index in [-0.39, 0.29) is 5.69 Å². The van der Waals surface area contributed by atoms with Crippen LogP contribution in [0, 0.1) is 0 Å². The summed E-state index contributed by atoms with van der Waals surface area (Å²) in [7, 11) is 0. The Balaban J connectivity index is 2.11. The predicted molar refractivity (Wildman–Crippen MR) is 84.1 cm³/mol. The van der Waals surface area contributed by atoms with Gasteiger partial charge < -0.3 is 0 Å². The number of H-pyrrole nitrogens is 1. The van der Waals surface area contributed by atoms with Gasteiger partial charge in [-0.1, -0.05) is 42.5 Å². The summed E-state index contributed by atoms with van der Waals surface area (Å²) in [5, 5.41) is 7.49. The summed E-state index contributed by atoms with van der Waals surface area (Å²) in [6, 6.07) is 16.9. The van der Waals surface area contributed by atoms with Crippen LogP contribution in [-0.2, 0) is 0 Å². The van der Waals surface area contributed by atoms with E-state index in [2.05, 4.69) is 10.2 Å². The van der Waals surface area contributed by atoms with Gasteiger partial charge in [-0.25, -0.2) is 14.3 Å². The molecule has 2 aromatic heterocycles. The van der Waals surface area contributed by atoms with E-state index in [1.807, 2.05) is 42.5 Å². The van der Waals surface area contributed by atoms with Crippen molar-refractivity contribution in [3.05, 3.63) is 70.6 Å². The number of hydrogen-bond donors (Lipinski definition) is 1. The summed E-state index contributed by atoms with van der Waals surface area (Å²) in [6.45, 7) is 0. The van der Waals surface area contributed by atoms with Gasteiger partial charge in [0.05, 0.1) is 5.52 Å². The predicted octanol–water partition coefficient (Wildman–Crippen LogP) is 2.66. The Morgan fingerprint density at radius 3 is 2.59 bits per heavy atom. The van der Waals surface area contributed by atoms with Crippen LogP contribution < -0.4 is 5.69 Å². The first-order valence-electron chi connectivity index (χ1n) is 6.82. The SMILES string of the molecule is O=Cc1ccc(-c2cc3n[nH]c(=O)n3c3ccccc23)cc1. The highest BCUT2D eigenvalue weighted by molar-refractivity contribution is 5.97. The zero-order chi connectivity index (χ0) is 15.1. The summed E-state index contributed by atoms with van der Waals surface area (Å²) in [4.78, 5) is 22.7. The van der Waals surface area contributed by atoms with Crippen molar-refractivity contribution in [2.24, 2.45) is 0 Å². The number of aldehydes is 1. The van der Waals surface area contributed by atoms with Crippen LogP contribution in [0.1, 0.15) is 10.4 Å². The average molecular weight is 289 g/mol. The number of rotatable bonds is 2. The maximum atomic E-state index is 11.9. The lowest BCUT2D eigenvalue weighted by Gasteiger charge is -2.08. The van der Waals surface area contributed by atoms with Gasteiger partial charge in [-0.05, 0) is 23.3 Å². The van der Waals surface area contributed by atoms with Gasteiger partial charge in [-0.15, -0.1) is 0 Å². The standard InChI is InChI=1S/C17H11N3O2/c21-10-11-5-7-12(8-6-11)14-9-16-18-19-17(22)20(16)15-4-2-1-3-13(14)15/h1-10H,(H,19,22).